The zero-order valence-corrected chi connectivity index (χ0v) is 29.1. The average molecular weight is 823 g/mol. The second-order valence-corrected chi connectivity index (χ2v) is 19.5. The van der Waals surface area contributed by atoms with Crippen molar-refractivity contribution in [3.8, 4) is 31.7 Å². The normalized spacial score (nSPS) is 11.9. The molecule has 3 nitrogen and oxygen atoms in total. The van der Waals surface area contributed by atoms with Crippen LogP contribution in [0.2, 0.25) is 0 Å². The quantitative estimate of drug-likeness (QED) is 0.168. The molecule has 0 aliphatic heterocycles. The van der Waals surface area contributed by atoms with Crippen LogP contribution in [0.4, 0.5) is 0 Å². The molecule has 0 saturated heterocycles. The molecule has 0 radical (unpaired) electrons. The van der Waals surface area contributed by atoms with Gasteiger partial charge in [0.2, 0.25) is 0 Å². The number of pyridine rings is 3. The maximum atomic E-state index is 5.11. The van der Waals surface area contributed by atoms with Gasteiger partial charge in [0.1, 0.15) is 0 Å². The van der Waals surface area contributed by atoms with Gasteiger partial charge in [0.15, 0.2) is 0 Å². The first kappa shape index (κ1) is 27.9. The van der Waals surface area contributed by atoms with Crippen LogP contribution in [0, 0.1) is 0 Å². The molecule has 0 aliphatic rings. The van der Waals surface area contributed by atoms with Gasteiger partial charge in [-0.1, -0.05) is 0 Å². The standard InChI is InChI=1S/3C13H8NS.Ir/c3*1-2-7-12-10(5-1)9-13(15-12)11-6-3-4-8-14-11;/h3*1-5,7-9H;. The molecule has 0 N–H and O–H groups in total. The number of hydrogen-bond donors (Lipinski definition) is 0. The average Bonchev–Trinajstić information content (AvgIpc) is 3.86. The number of rotatable bonds is 6. The molecule has 0 atom stereocenters. The molecule has 0 spiro atoms. The van der Waals surface area contributed by atoms with Crippen LogP contribution in [0.5, 0.6) is 0 Å². The Bertz CT molecular complexity index is 2150. The van der Waals surface area contributed by atoms with E-state index in [1.807, 2.05) is 52.6 Å². The van der Waals surface area contributed by atoms with E-state index in [9.17, 15) is 0 Å². The van der Waals surface area contributed by atoms with Gasteiger partial charge >= 0.3 is 286 Å². The van der Waals surface area contributed by atoms with E-state index in [0.717, 1.165) is 17.1 Å². The van der Waals surface area contributed by atoms with Crippen LogP contribution in [0.3, 0.4) is 0 Å². The second-order valence-electron chi connectivity index (χ2n) is 10.6. The van der Waals surface area contributed by atoms with Crippen LogP contribution >= 0.6 is 34.0 Å². The second kappa shape index (κ2) is 11.8. The van der Waals surface area contributed by atoms with Gasteiger partial charge in [0.25, 0.3) is 0 Å². The van der Waals surface area contributed by atoms with Gasteiger partial charge in [0, 0.05) is 0 Å². The summed E-state index contributed by atoms with van der Waals surface area (Å²) in [6.07, 6.45) is 5.81. The van der Waals surface area contributed by atoms with E-state index in [1.54, 1.807) is 0 Å². The summed E-state index contributed by atoms with van der Waals surface area (Å²) >= 11 is 2.80. The van der Waals surface area contributed by atoms with E-state index >= 15 is 0 Å². The van der Waals surface area contributed by atoms with Crippen molar-refractivity contribution < 1.29 is 16.5 Å². The third kappa shape index (κ3) is 4.92. The number of aromatic nitrogens is 3. The van der Waals surface area contributed by atoms with Crippen LogP contribution < -0.4 is 12.2 Å². The minimum atomic E-state index is -2.65. The molecule has 7 heteroatoms. The minimum absolute atomic E-state index is 1.07. The van der Waals surface area contributed by atoms with E-state index in [1.165, 1.54) is 57.1 Å². The first-order valence-electron chi connectivity index (χ1n) is 14.8. The van der Waals surface area contributed by atoms with Gasteiger partial charge in [-0.05, 0) is 0 Å². The summed E-state index contributed by atoms with van der Waals surface area (Å²) in [6, 6.07) is 46.0. The van der Waals surface area contributed by atoms with Crippen molar-refractivity contribution in [1.82, 2.24) is 15.0 Å². The fraction of sp³-hybridized carbons (Fsp3) is 0. The Morgan fingerprint density at radius 2 is 0.696 bits per heavy atom. The van der Waals surface area contributed by atoms with Crippen molar-refractivity contribution in [2.75, 3.05) is 0 Å². The topological polar surface area (TPSA) is 38.7 Å². The van der Waals surface area contributed by atoms with Crippen LogP contribution in [0.1, 0.15) is 0 Å². The number of hydrogen-bond acceptors (Lipinski definition) is 6. The summed E-state index contributed by atoms with van der Waals surface area (Å²) < 4.78 is 7.74. The van der Waals surface area contributed by atoms with Gasteiger partial charge in [0.05, 0.1) is 0 Å². The van der Waals surface area contributed by atoms with Crippen molar-refractivity contribution in [2.45, 2.75) is 0 Å². The van der Waals surface area contributed by atoms with Gasteiger partial charge in [-0.3, -0.25) is 0 Å². The van der Waals surface area contributed by atoms with Crippen LogP contribution in [-0.4, -0.2) is 15.0 Å². The Balaban J connectivity index is 1.32. The fourth-order valence-electron chi connectivity index (χ4n) is 5.65. The molecular weight excluding hydrogens is 799 g/mol. The Kier molecular flexibility index (Phi) is 7.14. The van der Waals surface area contributed by atoms with Gasteiger partial charge in [-0.2, -0.15) is 0 Å². The molecule has 0 saturated carbocycles. The fourth-order valence-corrected chi connectivity index (χ4v) is 16.6. The molecule has 6 heterocycles. The van der Waals surface area contributed by atoms with E-state index in [2.05, 4.69) is 127 Å². The van der Waals surface area contributed by atoms with E-state index in [0.29, 0.717) is 0 Å². The summed E-state index contributed by atoms with van der Waals surface area (Å²) in [5.74, 6) is 0. The van der Waals surface area contributed by atoms with E-state index in [4.69, 9.17) is 15.0 Å². The SMILES string of the molecule is c1cnc(-c2cc3ccccc3s2)[c]([Ir]([c]2cccnc2-c2cc3ccccc3s2)[c]2cccnc2-c2cc3ccccc3s2)c1. The summed E-state index contributed by atoms with van der Waals surface area (Å²) in [6.45, 7) is 0. The Hall–Kier alpha value is -4.36. The van der Waals surface area contributed by atoms with E-state index in [-0.39, 0.29) is 0 Å². The monoisotopic (exact) mass is 823 g/mol. The summed E-state index contributed by atoms with van der Waals surface area (Å²) in [5, 5.41) is 3.75. The van der Waals surface area contributed by atoms with Crippen LogP contribution in [0.15, 0.2) is 146 Å². The summed E-state index contributed by atoms with van der Waals surface area (Å²) in [5.41, 5.74) is 3.20. The molecule has 0 aliphatic carbocycles. The number of thiophene rings is 3. The molecule has 222 valence electrons. The van der Waals surface area contributed by atoms with Crippen molar-refractivity contribution in [2.24, 2.45) is 0 Å². The molecule has 46 heavy (non-hydrogen) atoms. The molecule has 9 aromatic rings. The van der Waals surface area contributed by atoms with Gasteiger partial charge in [-0.25, -0.2) is 0 Å². The molecule has 0 unspecified atom stereocenters. The summed E-state index contributed by atoms with van der Waals surface area (Å²) in [4.78, 5) is 18.9. The zero-order chi connectivity index (χ0) is 30.5. The molecule has 0 fully saturated rings. The first-order valence-corrected chi connectivity index (χ1v) is 20.8. The van der Waals surface area contributed by atoms with E-state index < -0.39 is 16.5 Å². The van der Waals surface area contributed by atoms with Crippen LogP contribution in [-0.2, 0) is 16.5 Å². The molecule has 6 aromatic heterocycles. The zero-order valence-electron chi connectivity index (χ0n) is 24.3. The molecule has 0 amide bonds. The predicted molar refractivity (Wildman–Crippen MR) is 194 cm³/mol. The van der Waals surface area contributed by atoms with Crippen molar-refractivity contribution in [3.05, 3.63) is 146 Å². The maximum absolute atomic E-state index is 5.11. The van der Waals surface area contributed by atoms with Gasteiger partial charge in [-0.15, -0.1) is 0 Å². The molecule has 9 rings (SSSR count). The van der Waals surface area contributed by atoms with Crippen LogP contribution in [0.25, 0.3) is 62.0 Å². The number of benzene rings is 3. The van der Waals surface area contributed by atoms with Gasteiger partial charge < -0.3 is 0 Å². The van der Waals surface area contributed by atoms with Crippen molar-refractivity contribution in [1.29, 1.82) is 0 Å². The Morgan fingerprint density at radius 3 is 1.02 bits per heavy atom. The number of nitrogens with zero attached hydrogens (tertiary/aromatic N) is 3. The first-order chi connectivity index (χ1) is 22.8. The third-order valence-electron chi connectivity index (χ3n) is 7.74. The predicted octanol–water partition coefficient (Wildman–Crippen LogP) is 9.41. The number of fused-ring (bicyclic) bond motifs is 3. The Labute approximate surface area is 283 Å². The summed E-state index contributed by atoms with van der Waals surface area (Å²) in [7, 11) is 0. The molecule has 0 bridgehead atoms. The third-order valence-corrected chi connectivity index (χ3v) is 17.9. The molecule has 3 aromatic carbocycles. The van der Waals surface area contributed by atoms with Crippen molar-refractivity contribution >= 4 is 76.5 Å². The Morgan fingerprint density at radius 1 is 0.370 bits per heavy atom. The molecular formula is C39H24IrN3S3. The van der Waals surface area contributed by atoms with Crippen molar-refractivity contribution in [3.63, 3.8) is 0 Å².